The molecule has 1 aliphatic rings. The van der Waals surface area contributed by atoms with Crippen LogP contribution in [0.15, 0.2) is 59.6 Å². The Bertz CT molecular complexity index is 1250. The highest BCUT2D eigenvalue weighted by molar-refractivity contribution is 8.18. The first-order chi connectivity index (χ1) is 15.3. The molecule has 0 atom stereocenters. The van der Waals surface area contributed by atoms with Gasteiger partial charge in [0.05, 0.1) is 4.91 Å². The van der Waals surface area contributed by atoms with E-state index in [1.807, 2.05) is 67.8 Å². The molecule has 32 heavy (non-hydrogen) atoms. The Hall–Kier alpha value is -3.65. The van der Waals surface area contributed by atoms with Gasteiger partial charge in [-0.25, -0.2) is 4.98 Å². The Morgan fingerprint density at radius 3 is 2.56 bits per heavy atom. The molecule has 1 aromatic carbocycles. The zero-order valence-electron chi connectivity index (χ0n) is 18.0. The predicted octanol–water partition coefficient (Wildman–Crippen LogP) is 4.47. The minimum atomic E-state index is -0.470. The number of hydrogen-bond acceptors (Lipinski definition) is 5. The third-order valence-electron chi connectivity index (χ3n) is 5.23. The maximum atomic E-state index is 12.9. The van der Waals surface area contributed by atoms with Gasteiger partial charge in [0, 0.05) is 23.3 Å². The van der Waals surface area contributed by atoms with Gasteiger partial charge in [0.2, 0.25) is 5.91 Å². The molecule has 7 nitrogen and oxygen atoms in total. The van der Waals surface area contributed by atoms with Crippen molar-refractivity contribution < 1.29 is 14.4 Å². The summed E-state index contributed by atoms with van der Waals surface area (Å²) in [5, 5.41) is 2.30. The minimum absolute atomic E-state index is 0.292. The van der Waals surface area contributed by atoms with Crippen LogP contribution in [0.5, 0.6) is 0 Å². The van der Waals surface area contributed by atoms with E-state index in [1.54, 1.807) is 18.3 Å². The van der Waals surface area contributed by atoms with Crippen molar-refractivity contribution in [1.29, 1.82) is 0 Å². The molecule has 4 rings (SSSR count). The summed E-state index contributed by atoms with van der Waals surface area (Å²) in [5.74, 6) is -0.109. The van der Waals surface area contributed by atoms with Crippen molar-refractivity contribution in [3.63, 3.8) is 0 Å². The molecule has 2 aromatic heterocycles. The number of aromatic nitrogens is 2. The summed E-state index contributed by atoms with van der Waals surface area (Å²) in [4.78, 5) is 43.4. The minimum Gasteiger partial charge on any atom is -0.324 e. The van der Waals surface area contributed by atoms with E-state index in [4.69, 9.17) is 0 Å². The van der Waals surface area contributed by atoms with Crippen LogP contribution in [0.1, 0.15) is 22.5 Å². The molecule has 162 valence electrons. The van der Waals surface area contributed by atoms with Crippen LogP contribution in [0.3, 0.4) is 0 Å². The number of carbonyl (C=O) groups is 3. The zero-order valence-corrected chi connectivity index (χ0v) is 18.8. The van der Waals surface area contributed by atoms with Gasteiger partial charge in [-0.3, -0.25) is 19.3 Å². The third-order valence-corrected chi connectivity index (χ3v) is 6.14. The van der Waals surface area contributed by atoms with Crippen molar-refractivity contribution in [2.24, 2.45) is 0 Å². The molecule has 3 amide bonds. The fourth-order valence-electron chi connectivity index (χ4n) is 3.60. The van der Waals surface area contributed by atoms with E-state index in [0.717, 1.165) is 45.0 Å². The summed E-state index contributed by atoms with van der Waals surface area (Å²) in [7, 11) is 0. The average molecular weight is 447 g/mol. The summed E-state index contributed by atoms with van der Waals surface area (Å²) in [6, 6.07) is 15.0. The highest BCUT2D eigenvalue weighted by Gasteiger charge is 2.36. The summed E-state index contributed by atoms with van der Waals surface area (Å²) in [6.07, 6.45) is 3.42. The number of rotatable bonds is 5. The monoisotopic (exact) mass is 446 g/mol. The van der Waals surface area contributed by atoms with Crippen LogP contribution in [0, 0.1) is 20.8 Å². The van der Waals surface area contributed by atoms with Gasteiger partial charge in [0.25, 0.3) is 11.1 Å². The van der Waals surface area contributed by atoms with Gasteiger partial charge in [-0.05, 0) is 74.0 Å². The average Bonchev–Trinajstić information content (AvgIpc) is 3.19. The first kappa shape index (κ1) is 21.6. The molecule has 0 spiro atoms. The maximum Gasteiger partial charge on any atom is 0.294 e. The van der Waals surface area contributed by atoms with E-state index in [-0.39, 0.29) is 6.54 Å². The molecule has 0 bridgehead atoms. The number of nitrogens with one attached hydrogen (secondary N) is 1. The number of imide groups is 1. The van der Waals surface area contributed by atoms with Crippen molar-refractivity contribution in [3.8, 4) is 5.82 Å². The number of carbonyl (C=O) groups excluding carboxylic acids is 3. The highest BCUT2D eigenvalue weighted by atomic mass is 32.2. The maximum absolute atomic E-state index is 12.9. The molecule has 3 heterocycles. The van der Waals surface area contributed by atoms with Crippen LogP contribution >= 0.6 is 11.8 Å². The fraction of sp³-hybridized carbons (Fsp3) is 0.167. The second kappa shape index (κ2) is 8.84. The van der Waals surface area contributed by atoms with Gasteiger partial charge in [-0.1, -0.05) is 24.3 Å². The number of para-hydroxylation sites is 1. The second-order valence-electron chi connectivity index (χ2n) is 7.48. The van der Waals surface area contributed by atoms with Crippen molar-refractivity contribution >= 4 is 40.6 Å². The molecule has 1 N–H and O–H groups in total. The van der Waals surface area contributed by atoms with E-state index in [2.05, 4.69) is 10.3 Å². The summed E-state index contributed by atoms with van der Waals surface area (Å²) >= 11 is 0.841. The lowest BCUT2D eigenvalue weighted by molar-refractivity contribution is -0.127. The molecule has 8 heteroatoms. The molecular weight excluding hydrogens is 424 g/mol. The highest BCUT2D eigenvalue weighted by Crippen LogP contribution is 2.33. The number of nitrogens with zero attached hydrogens (tertiary/aromatic N) is 3. The summed E-state index contributed by atoms with van der Waals surface area (Å²) < 4.78 is 1.99. The predicted molar refractivity (Wildman–Crippen MR) is 126 cm³/mol. The largest absolute Gasteiger partial charge is 0.324 e. The van der Waals surface area contributed by atoms with Crippen LogP contribution < -0.4 is 5.32 Å². The van der Waals surface area contributed by atoms with Gasteiger partial charge in [-0.15, -0.1) is 0 Å². The second-order valence-corrected chi connectivity index (χ2v) is 8.47. The lowest BCUT2D eigenvalue weighted by Crippen LogP contribution is -2.36. The van der Waals surface area contributed by atoms with Crippen LogP contribution in [0.4, 0.5) is 10.5 Å². The van der Waals surface area contributed by atoms with Crippen LogP contribution in [-0.2, 0) is 9.59 Å². The Kier molecular flexibility index (Phi) is 5.96. The van der Waals surface area contributed by atoms with E-state index >= 15 is 0 Å². The lowest BCUT2D eigenvalue weighted by Gasteiger charge is -2.13. The Balaban J connectivity index is 1.53. The van der Waals surface area contributed by atoms with Gasteiger partial charge in [-0.2, -0.15) is 0 Å². The normalized spacial score (nSPS) is 15.0. The number of thioether (sulfide) groups is 1. The molecule has 0 unspecified atom stereocenters. The number of anilines is 1. The number of pyridine rings is 1. The first-order valence-electron chi connectivity index (χ1n) is 10.1. The van der Waals surface area contributed by atoms with Crippen molar-refractivity contribution in [1.82, 2.24) is 14.5 Å². The van der Waals surface area contributed by atoms with E-state index in [1.165, 1.54) is 0 Å². The Morgan fingerprint density at radius 1 is 1.09 bits per heavy atom. The molecule has 0 aliphatic carbocycles. The van der Waals surface area contributed by atoms with Crippen LogP contribution in [0.25, 0.3) is 11.9 Å². The van der Waals surface area contributed by atoms with Gasteiger partial charge in [0.1, 0.15) is 12.4 Å². The van der Waals surface area contributed by atoms with Gasteiger partial charge >= 0.3 is 0 Å². The van der Waals surface area contributed by atoms with Gasteiger partial charge in [0.15, 0.2) is 0 Å². The SMILES string of the molecule is Cc1ccccc1NC(=O)CN1C(=O)S/C(=C\c2cc(C)n(-c3ccccn3)c2C)C1=O. The lowest BCUT2D eigenvalue weighted by atomic mass is 10.2. The topological polar surface area (TPSA) is 84.3 Å². The van der Waals surface area contributed by atoms with Crippen LogP contribution in [-0.4, -0.2) is 38.0 Å². The van der Waals surface area contributed by atoms with E-state index in [9.17, 15) is 14.4 Å². The molecule has 0 saturated carbocycles. The molecule has 1 aliphatic heterocycles. The molecule has 1 saturated heterocycles. The number of hydrogen-bond donors (Lipinski definition) is 1. The van der Waals surface area contributed by atoms with Crippen LogP contribution in [0.2, 0.25) is 0 Å². The number of amides is 3. The van der Waals surface area contributed by atoms with Crippen molar-refractivity contribution in [2.45, 2.75) is 20.8 Å². The number of benzene rings is 1. The Morgan fingerprint density at radius 2 is 1.84 bits per heavy atom. The molecule has 1 fully saturated rings. The number of aryl methyl sites for hydroxylation is 2. The Labute approximate surface area is 190 Å². The van der Waals surface area contributed by atoms with E-state index in [0.29, 0.717) is 10.6 Å². The van der Waals surface area contributed by atoms with E-state index < -0.39 is 17.1 Å². The fourth-order valence-corrected chi connectivity index (χ4v) is 4.43. The first-order valence-corrected chi connectivity index (χ1v) is 10.9. The molecule has 0 radical (unpaired) electrons. The van der Waals surface area contributed by atoms with Crippen molar-refractivity contribution in [3.05, 3.63) is 82.1 Å². The molecule has 3 aromatic rings. The summed E-state index contributed by atoms with van der Waals surface area (Å²) in [6.45, 7) is 5.44. The summed E-state index contributed by atoms with van der Waals surface area (Å²) in [5.41, 5.74) is 4.25. The quantitative estimate of drug-likeness (QED) is 0.585. The smallest absolute Gasteiger partial charge is 0.294 e. The standard InChI is InChI=1S/C24H22N4O3S/c1-15-8-4-5-9-19(15)26-22(29)14-27-23(30)20(32-24(27)31)13-18-12-16(2)28(17(18)3)21-10-6-7-11-25-21/h4-13H,14H2,1-3H3,(H,26,29)/b20-13-. The van der Waals surface area contributed by atoms with Crippen molar-refractivity contribution in [2.75, 3.05) is 11.9 Å². The molecular formula is C24H22N4O3S. The third kappa shape index (κ3) is 4.22. The van der Waals surface area contributed by atoms with Gasteiger partial charge < -0.3 is 9.88 Å². The zero-order chi connectivity index (χ0) is 22.8.